The van der Waals surface area contributed by atoms with Crippen molar-refractivity contribution in [1.82, 2.24) is 9.88 Å². The van der Waals surface area contributed by atoms with Gasteiger partial charge in [-0.15, -0.1) is 11.3 Å². The van der Waals surface area contributed by atoms with Crippen molar-refractivity contribution < 1.29 is 14.3 Å². The van der Waals surface area contributed by atoms with E-state index in [2.05, 4.69) is 4.98 Å². The zero-order chi connectivity index (χ0) is 15.4. The van der Waals surface area contributed by atoms with Crippen molar-refractivity contribution in [3.05, 3.63) is 10.6 Å². The summed E-state index contributed by atoms with van der Waals surface area (Å²) in [5.74, 6) is -0.261. The van der Waals surface area contributed by atoms with Crippen LogP contribution in [0.3, 0.4) is 0 Å². The second-order valence-electron chi connectivity index (χ2n) is 4.83. The summed E-state index contributed by atoms with van der Waals surface area (Å²) in [6.45, 7) is 6.23. The van der Waals surface area contributed by atoms with Gasteiger partial charge in [0.05, 0.1) is 30.6 Å². The van der Waals surface area contributed by atoms with E-state index in [-0.39, 0.29) is 23.5 Å². The fraction of sp³-hybridized carbons (Fsp3) is 0.615. The molecule has 0 radical (unpaired) electrons. The van der Waals surface area contributed by atoms with Gasteiger partial charge in [-0.25, -0.2) is 4.98 Å². The van der Waals surface area contributed by atoms with E-state index in [0.29, 0.717) is 26.3 Å². The van der Waals surface area contributed by atoms with Gasteiger partial charge >= 0.3 is 0 Å². The molecule has 2 amide bonds. The monoisotopic (exact) mass is 329 g/mol. The van der Waals surface area contributed by atoms with E-state index in [9.17, 15) is 9.59 Å². The van der Waals surface area contributed by atoms with E-state index in [0.717, 1.165) is 14.9 Å². The highest BCUT2D eigenvalue weighted by Gasteiger charge is 2.24. The molecule has 1 atom stereocenters. The standard InChI is InChI=1S/C13H19N3O3S2/c1-8-10(7-11(14)17)21-13(15-8)20-9(2)12(18)16-3-5-19-6-4-16/h9H,3-7H2,1-2H3,(H2,14,17). The minimum Gasteiger partial charge on any atom is -0.378 e. The molecule has 2 heterocycles. The molecule has 2 N–H and O–H groups in total. The SMILES string of the molecule is Cc1nc(SC(C)C(=O)N2CCOCC2)sc1CC(N)=O. The van der Waals surface area contributed by atoms with Crippen molar-refractivity contribution >= 4 is 34.9 Å². The van der Waals surface area contributed by atoms with E-state index in [1.165, 1.54) is 23.1 Å². The van der Waals surface area contributed by atoms with Gasteiger partial charge in [-0.3, -0.25) is 9.59 Å². The average molecular weight is 329 g/mol. The number of amides is 2. The Morgan fingerprint density at radius 3 is 2.76 bits per heavy atom. The third-order valence-electron chi connectivity index (χ3n) is 3.16. The van der Waals surface area contributed by atoms with Gasteiger partial charge in [-0.2, -0.15) is 0 Å². The Morgan fingerprint density at radius 2 is 2.14 bits per heavy atom. The second kappa shape index (κ2) is 7.24. The van der Waals surface area contributed by atoms with Crippen molar-refractivity contribution in [2.45, 2.75) is 29.9 Å². The van der Waals surface area contributed by atoms with Crippen LogP contribution in [0.4, 0.5) is 0 Å². The molecule has 1 aliphatic heterocycles. The number of nitrogens with zero attached hydrogens (tertiary/aromatic N) is 2. The molecule has 8 heteroatoms. The van der Waals surface area contributed by atoms with Gasteiger partial charge in [-0.05, 0) is 13.8 Å². The van der Waals surface area contributed by atoms with Gasteiger partial charge in [0.15, 0.2) is 4.34 Å². The van der Waals surface area contributed by atoms with Gasteiger partial charge in [-0.1, -0.05) is 11.8 Å². The first-order valence-corrected chi connectivity index (χ1v) is 8.44. The number of primary amides is 1. The average Bonchev–Trinajstić information content (AvgIpc) is 2.78. The molecule has 6 nitrogen and oxygen atoms in total. The number of carbonyl (C=O) groups excluding carboxylic acids is 2. The van der Waals surface area contributed by atoms with Crippen molar-refractivity contribution in [3.63, 3.8) is 0 Å². The van der Waals surface area contributed by atoms with Crippen LogP contribution in [0, 0.1) is 6.92 Å². The summed E-state index contributed by atoms with van der Waals surface area (Å²) in [5, 5.41) is -0.199. The van der Waals surface area contributed by atoms with Crippen LogP contribution >= 0.6 is 23.1 Å². The number of thioether (sulfide) groups is 1. The van der Waals surface area contributed by atoms with E-state index in [4.69, 9.17) is 10.5 Å². The molecule has 1 aliphatic rings. The van der Waals surface area contributed by atoms with Crippen LogP contribution in [-0.4, -0.2) is 53.3 Å². The van der Waals surface area contributed by atoms with Crippen molar-refractivity contribution in [2.24, 2.45) is 5.73 Å². The van der Waals surface area contributed by atoms with Gasteiger partial charge < -0.3 is 15.4 Å². The number of aromatic nitrogens is 1. The van der Waals surface area contributed by atoms with Gasteiger partial charge in [0.1, 0.15) is 0 Å². The Hall–Kier alpha value is -1.12. The third kappa shape index (κ3) is 4.42. The molecule has 0 spiro atoms. The Bertz CT molecular complexity index is 527. The van der Waals surface area contributed by atoms with Crippen LogP contribution in [0.2, 0.25) is 0 Å². The summed E-state index contributed by atoms with van der Waals surface area (Å²) < 4.78 is 6.05. The van der Waals surface area contributed by atoms with Gasteiger partial charge in [0.25, 0.3) is 0 Å². The Labute approximate surface area is 132 Å². The molecule has 116 valence electrons. The zero-order valence-corrected chi connectivity index (χ0v) is 13.8. The number of morpholine rings is 1. The molecule has 1 unspecified atom stereocenters. The lowest BCUT2D eigenvalue weighted by Crippen LogP contribution is -2.44. The van der Waals surface area contributed by atoms with Crippen LogP contribution in [0.1, 0.15) is 17.5 Å². The van der Waals surface area contributed by atoms with E-state index in [1.54, 1.807) is 0 Å². The molecular formula is C13H19N3O3S2. The number of hydrogen-bond acceptors (Lipinski definition) is 6. The fourth-order valence-electron chi connectivity index (χ4n) is 2.02. The van der Waals surface area contributed by atoms with Crippen LogP contribution in [-0.2, 0) is 20.7 Å². The number of ether oxygens (including phenoxy) is 1. The molecule has 21 heavy (non-hydrogen) atoms. The highest BCUT2D eigenvalue weighted by atomic mass is 32.2. The third-order valence-corrected chi connectivity index (χ3v) is 5.49. The number of hydrogen-bond donors (Lipinski definition) is 1. The summed E-state index contributed by atoms with van der Waals surface area (Å²) in [5.41, 5.74) is 6.02. The first-order chi connectivity index (χ1) is 9.97. The molecular weight excluding hydrogens is 310 g/mol. The lowest BCUT2D eigenvalue weighted by Gasteiger charge is -2.28. The molecule has 0 saturated carbocycles. The predicted molar refractivity (Wildman–Crippen MR) is 82.5 cm³/mol. The first-order valence-electron chi connectivity index (χ1n) is 6.75. The molecule has 0 aromatic carbocycles. The maximum absolute atomic E-state index is 12.3. The molecule has 0 aliphatic carbocycles. The van der Waals surface area contributed by atoms with Crippen LogP contribution in [0.25, 0.3) is 0 Å². The Balaban J connectivity index is 1.97. The van der Waals surface area contributed by atoms with Crippen LogP contribution < -0.4 is 5.73 Å². The topological polar surface area (TPSA) is 85.5 Å². The van der Waals surface area contributed by atoms with Gasteiger partial charge in [0.2, 0.25) is 11.8 Å². The maximum Gasteiger partial charge on any atom is 0.236 e. The summed E-state index contributed by atoms with van der Waals surface area (Å²) >= 11 is 2.87. The van der Waals surface area contributed by atoms with E-state index in [1.807, 2.05) is 18.7 Å². The second-order valence-corrected chi connectivity index (χ2v) is 7.50. The molecule has 1 fully saturated rings. The predicted octanol–water partition coefficient (Wildman–Crippen LogP) is 0.819. The molecule has 1 aromatic rings. The fourth-order valence-corrected chi connectivity index (χ4v) is 4.49. The number of aryl methyl sites for hydroxylation is 1. The zero-order valence-electron chi connectivity index (χ0n) is 12.1. The Kier molecular flexibility index (Phi) is 5.60. The summed E-state index contributed by atoms with van der Waals surface area (Å²) in [6.07, 6.45) is 0.204. The lowest BCUT2D eigenvalue weighted by atomic mass is 10.3. The highest BCUT2D eigenvalue weighted by molar-refractivity contribution is 8.02. The van der Waals surface area contributed by atoms with Gasteiger partial charge in [0, 0.05) is 18.0 Å². The maximum atomic E-state index is 12.3. The van der Waals surface area contributed by atoms with Crippen LogP contribution in [0.15, 0.2) is 4.34 Å². The number of thiazole rings is 1. The smallest absolute Gasteiger partial charge is 0.236 e. The molecule has 0 bridgehead atoms. The first kappa shape index (κ1) is 16.3. The largest absolute Gasteiger partial charge is 0.378 e. The molecule has 2 rings (SSSR count). The number of carbonyl (C=O) groups is 2. The minimum atomic E-state index is -0.365. The quantitative estimate of drug-likeness (QED) is 0.808. The molecule has 1 aromatic heterocycles. The van der Waals surface area contributed by atoms with Crippen molar-refractivity contribution in [3.8, 4) is 0 Å². The van der Waals surface area contributed by atoms with E-state index < -0.39 is 0 Å². The Morgan fingerprint density at radius 1 is 1.48 bits per heavy atom. The van der Waals surface area contributed by atoms with Crippen molar-refractivity contribution in [1.29, 1.82) is 0 Å². The summed E-state index contributed by atoms with van der Waals surface area (Å²) in [7, 11) is 0. The highest BCUT2D eigenvalue weighted by Crippen LogP contribution is 2.31. The van der Waals surface area contributed by atoms with E-state index >= 15 is 0 Å². The normalized spacial score (nSPS) is 16.8. The van der Waals surface area contributed by atoms with Crippen LogP contribution in [0.5, 0.6) is 0 Å². The molecule has 1 saturated heterocycles. The number of nitrogens with two attached hydrogens (primary N) is 1. The van der Waals surface area contributed by atoms with Crippen molar-refractivity contribution in [2.75, 3.05) is 26.3 Å². The number of rotatable bonds is 5. The summed E-state index contributed by atoms with van der Waals surface area (Å²) in [4.78, 5) is 30.4. The summed E-state index contributed by atoms with van der Waals surface area (Å²) in [6, 6.07) is 0. The minimum absolute atomic E-state index is 0.104. The lowest BCUT2D eigenvalue weighted by molar-refractivity contribution is -0.134.